The lowest BCUT2D eigenvalue weighted by Crippen LogP contribution is -2.51. The van der Waals surface area contributed by atoms with Gasteiger partial charge in [-0.1, -0.05) is 11.6 Å². The molecule has 5 nitrogen and oxygen atoms in total. The average Bonchev–Trinajstić information content (AvgIpc) is 2.61. The number of aromatic nitrogens is 1. The molecule has 1 aromatic rings. The Morgan fingerprint density at radius 3 is 2.72 bits per heavy atom. The molecule has 1 aliphatic rings. The van der Waals surface area contributed by atoms with Crippen LogP contribution in [0.5, 0.6) is 0 Å². The van der Waals surface area contributed by atoms with Crippen molar-refractivity contribution in [2.45, 2.75) is 32.2 Å². The second-order valence-corrected chi connectivity index (χ2v) is 5.81. The summed E-state index contributed by atoms with van der Waals surface area (Å²) in [6.45, 7) is 5.19. The second kappa shape index (κ2) is 5.42. The van der Waals surface area contributed by atoms with Crippen molar-refractivity contribution in [3.8, 4) is 0 Å². The molecule has 2 amide bonds. The fourth-order valence-corrected chi connectivity index (χ4v) is 2.72. The number of anilines is 1. The third kappa shape index (κ3) is 3.13. The van der Waals surface area contributed by atoms with Crippen molar-refractivity contribution in [1.82, 2.24) is 9.69 Å². The Bertz CT molecular complexity index is 443. The zero-order valence-corrected chi connectivity index (χ0v) is 12.0. The van der Waals surface area contributed by atoms with Gasteiger partial charge in [0, 0.05) is 18.8 Å². The van der Waals surface area contributed by atoms with Crippen LogP contribution < -0.4 is 10.6 Å². The molecule has 0 spiro atoms. The molecular weight excluding hydrogens is 274 g/mol. The number of urea groups is 1. The number of rotatable bonds is 2. The number of aryl methyl sites for hydroxylation is 1. The van der Waals surface area contributed by atoms with E-state index in [2.05, 4.69) is 15.0 Å². The third-order valence-electron chi connectivity index (χ3n) is 3.03. The molecule has 2 rings (SSSR count). The molecule has 0 aliphatic carbocycles. The lowest BCUT2D eigenvalue weighted by Gasteiger charge is -2.34. The van der Waals surface area contributed by atoms with Gasteiger partial charge in [-0.25, -0.2) is 4.79 Å². The van der Waals surface area contributed by atoms with E-state index in [0.29, 0.717) is 23.2 Å². The molecule has 1 aromatic heterocycles. The van der Waals surface area contributed by atoms with Crippen molar-refractivity contribution < 1.29 is 9.53 Å². The molecule has 18 heavy (non-hydrogen) atoms. The predicted molar refractivity (Wildman–Crippen MR) is 72.5 cm³/mol. The topological polar surface area (TPSA) is 63.2 Å². The highest BCUT2D eigenvalue weighted by Gasteiger charge is 2.29. The van der Waals surface area contributed by atoms with Crippen LogP contribution in [0.25, 0.3) is 0 Å². The van der Waals surface area contributed by atoms with Gasteiger partial charge in [0.05, 0.1) is 10.7 Å². The first-order valence-corrected chi connectivity index (χ1v) is 6.94. The van der Waals surface area contributed by atoms with E-state index >= 15 is 0 Å². The summed E-state index contributed by atoms with van der Waals surface area (Å²) >= 11 is 7.20. The van der Waals surface area contributed by atoms with Crippen molar-refractivity contribution in [2.24, 2.45) is 0 Å². The maximum Gasteiger partial charge on any atom is 0.320 e. The maximum atomic E-state index is 11.9. The molecule has 2 heterocycles. The number of hydrogen-bond donors (Lipinski definition) is 2. The molecule has 0 saturated carbocycles. The van der Waals surface area contributed by atoms with E-state index in [1.54, 1.807) is 0 Å². The Hall–Kier alpha value is -0.850. The third-order valence-corrected chi connectivity index (χ3v) is 4.46. The number of ether oxygens (including phenoxy) is 1. The summed E-state index contributed by atoms with van der Waals surface area (Å²) in [7, 11) is 0. The van der Waals surface area contributed by atoms with Crippen molar-refractivity contribution in [1.29, 1.82) is 0 Å². The minimum atomic E-state index is -0.245. The zero-order chi connectivity index (χ0) is 13.2. The van der Waals surface area contributed by atoms with Gasteiger partial charge in [0.2, 0.25) is 0 Å². The van der Waals surface area contributed by atoms with E-state index in [9.17, 15) is 4.79 Å². The molecule has 1 aliphatic heterocycles. The molecular formula is C11H16ClN3O2S. The summed E-state index contributed by atoms with van der Waals surface area (Å²) in [5, 5.41) is 6.80. The second-order valence-electron chi connectivity index (χ2n) is 4.66. The Morgan fingerprint density at radius 2 is 2.17 bits per heavy atom. The van der Waals surface area contributed by atoms with Crippen LogP contribution in [-0.2, 0) is 4.74 Å². The largest absolute Gasteiger partial charge is 0.381 e. The van der Waals surface area contributed by atoms with Gasteiger partial charge >= 0.3 is 6.03 Å². The van der Waals surface area contributed by atoms with Gasteiger partial charge in [0.15, 0.2) is 0 Å². The fraction of sp³-hybridized carbons (Fsp3) is 0.636. The quantitative estimate of drug-likeness (QED) is 0.880. The van der Waals surface area contributed by atoms with Crippen LogP contribution >= 0.6 is 23.1 Å². The number of hydrogen-bond acceptors (Lipinski definition) is 4. The highest BCUT2D eigenvalue weighted by Crippen LogP contribution is 2.29. The molecule has 2 N–H and O–H groups in total. The van der Waals surface area contributed by atoms with E-state index in [0.717, 1.165) is 18.5 Å². The lowest BCUT2D eigenvalue weighted by atomic mass is 9.93. The van der Waals surface area contributed by atoms with Gasteiger partial charge in [-0.3, -0.25) is 5.32 Å². The normalized spacial score (nSPS) is 18.4. The molecule has 0 unspecified atom stereocenters. The number of amides is 2. The molecule has 0 aromatic carbocycles. The summed E-state index contributed by atoms with van der Waals surface area (Å²) in [6, 6.07) is -0.245. The van der Waals surface area contributed by atoms with Gasteiger partial charge in [-0.15, -0.1) is 0 Å². The highest BCUT2D eigenvalue weighted by atomic mass is 35.5. The maximum absolute atomic E-state index is 11.9. The van der Waals surface area contributed by atoms with Crippen LogP contribution in [0.4, 0.5) is 9.80 Å². The summed E-state index contributed by atoms with van der Waals surface area (Å²) in [5.74, 6) is 0. The Labute approximate surface area is 115 Å². The molecule has 1 saturated heterocycles. The Kier molecular flexibility index (Phi) is 4.09. The molecule has 0 atom stereocenters. The highest BCUT2D eigenvalue weighted by molar-refractivity contribution is 7.11. The van der Waals surface area contributed by atoms with Crippen molar-refractivity contribution >= 4 is 34.2 Å². The molecule has 100 valence electrons. The monoisotopic (exact) mass is 289 g/mol. The van der Waals surface area contributed by atoms with Gasteiger partial charge in [-0.2, -0.15) is 4.37 Å². The molecule has 0 radical (unpaired) electrons. The predicted octanol–water partition coefficient (Wildman–Crippen LogP) is 2.80. The Morgan fingerprint density at radius 1 is 1.50 bits per heavy atom. The SMILES string of the molecule is Cc1nsc(NC(=O)NC2(C)CCOCC2)c1Cl. The van der Waals surface area contributed by atoms with E-state index in [4.69, 9.17) is 16.3 Å². The van der Waals surface area contributed by atoms with Crippen molar-refractivity contribution in [3.05, 3.63) is 10.7 Å². The summed E-state index contributed by atoms with van der Waals surface area (Å²) in [6.07, 6.45) is 1.63. The van der Waals surface area contributed by atoms with E-state index in [1.807, 2.05) is 13.8 Å². The smallest absolute Gasteiger partial charge is 0.320 e. The standard InChI is InChI=1S/C11H16ClN3O2S/c1-7-8(12)9(18-15-7)13-10(16)14-11(2)3-5-17-6-4-11/h3-6H2,1-2H3,(H2,13,14,16). The van der Waals surface area contributed by atoms with Gasteiger partial charge in [0.25, 0.3) is 0 Å². The first-order chi connectivity index (χ1) is 8.50. The minimum absolute atomic E-state index is 0.214. The van der Waals surface area contributed by atoms with Crippen molar-refractivity contribution in [3.63, 3.8) is 0 Å². The van der Waals surface area contributed by atoms with E-state index in [1.165, 1.54) is 11.5 Å². The number of halogens is 1. The van der Waals surface area contributed by atoms with Crippen LogP contribution in [0, 0.1) is 6.92 Å². The van der Waals surface area contributed by atoms with E-state index < -0.39 is 0 Å². The zero-order valence-electron chi connectivity index (χ0n) is 10.4. The first kappa shape index (κ1) is 13.6. The molecule has 1 fully saturated rings. The fourth-order valence-electron chi connectivity index (χ4n) is 1.79. The summed E-state index contributed by atoms with van der Waals surface area (Å²) in [4.78, 5) is 11.9. The van der Waals surface area contributed by atoms with Crippen LogP contribution in [0.2, 0.25) is 5.02 Å². The van der Waals surface area contributed by atoms with Crippen LogP contribution in [0.15, 0.2) is 0 Å². The summed E-state index contributed by atoms with van der Waals surface area (Å²) in [5.41, 5.74) is 0.517. The number of nitrogens with one attached hydrogen (secondary N) is 2. The van der Waals surface area contributed by atoms with Crippen LogP contribution in [-0.4, -0.2) is 29.2 Å². The number of carbonyl (C=O) groups excluding carboxylic acids is 1. The number of nitrogens with zero attached hydrogens (tertiary/aromatic N) is 1. The Balaban J connectivity index is 1.94. The van der Waals surface area contributed by atoms with Crippen molar-refractivity contribution in [2.75, 3.05) is 18.5 Å². The van der Waals surface area contributed by atoms with Crippen LogP contribution in [0.1, 0.15) is 25.5 Å². The summed E-state index contributed by atoms with van der Waals surface area (Å²) < 4.78 is 9.37. The van der Waals surface area contributed by atoms with Crippen LogP contribution in [0.3, 0.4) is 0 Å². The van der Waals surface area contributed by atoms with Gasteiger partial charge in [0.1, 0.15) is 5.00 Å². The molecule has 7 heteroatoms. The minimum Gasteiger partial charge on any atom is -0.381 e. The molecule has 0 bridgehead atoms. The first-order valence-electron chi connectivity index (χ1n) is 5.79. The number of carbonyl (C=O) groups is 1. The van der Waals surface area contributed by atoms with Gasteiger partial charge in [-0.05, 0) is 38.2 Å². The van der Waals surface area contributed by atoms with E-state index in [-0.39, 0.29) is 11.6 Å². The van der Waals surface area contributed by atoms with Gasteiger partial charge < -0.3 is 10.1 Å². The lowest BCUT2D eigenvalue weighted by molar-refractivity contribution is 0.0500. The average molecular weight is 290 g/mol.